The maximum Gasteiger partial charge on any atom is 0.243 e. The normalized spacial score (nSPS) is 13.5. The van der Waals surface area contributed by atoms with Crippen molar-refractivity contribution in [3.05, 3.63) is 18.2 Å². The fourth-order valence-corrected chi connectivity index (χ4v) is 4.08. The predicted molar refractivity (Wildman–Crippen MR) is 85.1 cm³/mol. The second kappa shape index (κ2) is 6.27. The summed E-state index contributed by atoms with van der Waals surface area (Å²) in [5.41, 5.74) is 0.840. The molecule has 0 radical (unpaired) electrons. The monoisotopic (exact) mass is 342 g/mol. The molecule has 1 N–H and O–H groups in total. The topological polar surface area (TPSA) is 92.3 Å². The second-order valence-electron chi connectivity index (χ2n) is 5.46. The molecule has 1 heterocycles. The van der Waals surface area contributed by atoms with E-state index in [2.05, 4.69) is 13.5 Å². The van der Waals surface area contributed by atoms with Gasteiger partial charge in [0.05, 0.1) is 11.7 Å². The van der Waals surface area contributed by atoms with Crippen LogP contribution in [0.2, 0.25) is 0 Å². The van der Waals surface area contributed by atoms with E-state index >= 15 is 0 Å². The van der Waals surface area contributed by atoms with Crippen LogP contribution in [0.1, 0.15) is 13.8 Å². The van der Waals surface area contributed by atoms with Crippen LogP contribution in [0.4, 0.5) is 0 Å². The first-order valence-corrected chi connectivity index (χ1v) is 8.90. The van der Waals surface area contributed by atoms with Gasteiger partial charge in [0.15, 0.2) is 0 Å². The number of hydrogen-bond donors (Lipinski definition) is 1. The zero-order chi connectivity index (χ0) is 16.5. The quantitative estimate of drug-likeness (QED) is 0.878. The van der Waals surface area contributed by atoms with Crippen molar-refractivity contribution in [3.8, 4) is 0 Å². The van der Waals surface area contributed by atoms with Crippen LogP contribution in [-0.4, -0.2) is 48.1 Å². The summed E-state index contributed by atoms with van der Waals surface area (Å²) in [6.45, 7) is 3.58. The van der Waals surface area contributed by atoms with Crippen molar-refractivity contribution in [2.75, 3.05) is 14.1 Å². The van der Waals surface area contributed by atoms with Gasteiger partial charge in [-0.2, -0.15) is 13.5 Å². The summed E-state index contributed by atoms with van der Waals surface area (Å²) < 4.78 is 35.8. The van der Waals surface area contributed by atoms with Crippen LogP contribution < -0.4 is 4.72 Å². The molecule has 120 valence electrons. The molecule has 0 aliphatic carbocycles. The van der Waals surface area contributed by atoms with Crippen molar-refractivity contribution < 1.29 is 13.2 Å². The van der Waals surface area contributed by atoms with E-state index in [0.717, 1.165) is 11.7 Å². The van der Waals surface area contributed by atoms with Crippen LogP contribution in [0.3, 0.4) is 0 Å². The molecule has 0 fully saturated rings. The Morgan fingerprint density at radius 2 is 1.95 bits per heavy atom. The summed E-state index contributed by atoms with van der Waals surface area (Å²) in [5.74, 6) is -0.473. The van der Waals surface area contributed by atoms with Gasteiger partial charge in [-0.3, -0.25) is 4.79 Å². The van der Waals surface area contributed by atoms with Crippen molar-refractivity contribution in [1.82, 2.24) is 18.4 Å². The lowest BCUT2D eigenvalue weighted by atomic mass is 10.0. The van der Waals surface area contributed by atoms with Crippen LogP contribution >= 0.6 is 11.7 Å². The smallest absolute Gasteiger partial charge is 0.243 e. The molecule has 9 heteroatoms. The van der Waals surface area contributed by atoms with E-state index in [-0.39, 0.29) is 16.7 Å². The number of rotatable bonds is 5. The highest BCUT2D eigenvalue weighted by atomic mass is 32.2. The number of aromatic nitrogens is 2. The van der Waals surface area contributed by atoms with Gasteiger partial charge in [-0.15, -0.1) is 0 Å². The SMILES string of the molecule is CC(C)[C@@H](NS(=O)(=O)c1cccc2nsnc12)C(=O)N(C)C. The molecule has 1 aromatic carbocycles. The molecule has 0 aliphatic heterocycles. The first-order chi connectivity index (χ1) is 10.2. The summed E-state index contributed by atoms with van der Waals surface area (Å²) in [6, 6.07) is 3.94. The van der Waals surface area contributed by atoms with E-state index < -0.39 is 16.1 Å². The number of carbonyl (C=O) groups excluding carboxylic acids is 1. The number of hydrogen-bond acceptors (Lipinski definition) is 6. The summed E-state index contributed by atoms with van der Waals surface area (Å²) >= 11 is 0.952. The van der Waals surface area contributed by atoms with Crippen LogP contribution in [0, 0.1) is 5.92 Å². The van der Waals surface area contributed by atoms with Crippen molar-refractivity contribution in [2.45, 2.75) is 24.8 Å². The van der Waals surface area contributed by atoms with Gasteiger partial charge in [-0.1, -0.05) is 19.9 Å². The number of fused-ring (bicyclic) bond motifs is 1. The Balaban J connectivity index is 2.42. The Morgan fingerprint density at radius 1 is 1.27 bits per heavy atom. The lowest BCUT2D eigenvalue weighted by molar-refractivity contribution is -0.131. The maximum atomic E-state index is 12.6. The molecule has 0 bridgehead atoms. The van der Waals surface area contributed by atoms with Crippen LogP contribution in [-0.2, 0) is 14.8 Å². The Morgan fingerprint density at radius 3 is 2.55 bits per heavy atom. The Hall–Kier alpha value is -1.58. The lowest BCUT2D eigenvalue weighted by Gasteiger charge is -2.24. The summed E-state index contributed by atoms with van der Waals surface area (Å²) in [6.07, 6.45) is 0. The Labute approximate surface area is 133 Å². The average molecular weight is 342 g/mol. The molecule has 2 rings (SSSR count). The van der Waals surface area contributed by atoms with Gasteiger partial charge < -0.3 is 4.90 Å². The van der Waals surface area contributed by atoms with Gasteiger partial charge in [0.25, 0.3) is 0 Å². The highest BCUT2D eigenvalue weighted by Gasteiger charge is 2.30. The van der Waals surface area contributed by atoms with Gasteiger partial charge in [0.2, 0.25) is 15.9 Å². The molecule has 0 aliphatic rings. The molecule has 2 aromatic rings. The number of nitrogens with one attached hydrogen (secondary N) is 1. The van der Waals surface area contributed by atoms with E-state index in [9.17, 15) is 13.2 Å². The molecule has 0 saturated heterocycles. The first-order valence-electron chi connectivity index (χ1n) is 6.69. The minimum absolute atomic E-state index is 0.0379. The van der Waals surface area contributed by atoms with E-state index in [0.29, 0.717) is 11.0 Å². The molecule has 7 nitrogen and oxygen atoms in total. The van der Waals surface area contributed by atoms with Crippen LogP contribution in [0.5, 0.6) is 0 Å². The molecule has 0 saturated carbocycles. The van der Waals surface area contributed by atoms with Crippen molar-refractivity contribution in [2.24, 2.45) is 5.92 Å². The van der Waals surface area contributed by atoms with Gasteiger partial charge >= 0.3 is 0 Å². The number of sulfonamides is 1. The molecule has 0 spiro atoms. The number of amides is 1. The fraction of sp³-hybridized carbons (Fsp3) is 0.462. The third-order valence-electron chi connectivity index (χ3n) is 3.19. The third kappa shape index (κ3) is 3.26. The lowest BCUT2D eigenvalue weighted by Crippen LogP contribution is -2.49. The minimum Gasteiger partial charge on any atom is -0.347 e. The van der Waals surface area contributed by atoms with Gasteiger partial charge in [-0.25, -0.2) is 8.42 Å². The molecule has 1 atom stereocenters. The molecule has 1 aromatic heterocycles. The first kappa shape index (κ1) is 16.8. The Kier molecular flexibility index (Phi) is 4.78. The van der Waals surface area contributed by atoms with Gasteiger partial charge in [-0.05, 0) is 18.1 Å². The summed E-state index contributed by atoms with van der Waals surface area (Å²) in [7, 11) is -0.684. The van der Waals surface area contributed by atoms with E-state index in [1.165, 1.54) is 11.0 Å². The second-order valence-corrected chi connectivity index (χ2v) is 7.67. The fourth-order valence-electron chi connectivity index (χ4n) is 1.98. The molecule has 22 heavy (non-hydrogen) atoms. The zero-order valence-corrected chi connectivity index (χ0v) is 14.4. The zero-order valence-electron chi connectivity index (χ0n) is 12.8. The summed E-state index contributed by atoms with van der Waals surface area (Å²) in [5, 5.41) is 0. The highest BCUT2D eigenvalue weighted by Crippen LogP contribution is 2.22. The number of benzene rings is 1. The molecule has 0 unspecified atom stereocenters. The number of likely N-dealkylation sites (N-methyl/N-ethyl adjacent to an activating group) is 1. The van der Waals surface area contributed by atoms with E-state index in [1.54, 1.807) is 40.1 Å². The van der Waals surface area contributed by atoms with Crippen LogP contribution in [0.25, 0.3) is 11.0 Å². The molecular weight excluding hydrogens is 324 g/mol. The van der Waals surface area contributed by atoms with Gasteiger partial charge in [0, 0.05) is 14.1 Å². The third-order valence-corrected chi connectivity index (χ3v) is 5.21. The average Bonchev–Trinajstić information content (AvgIpc) is 2.91. The van der Waals surface area contributed by atoms with Crippen molar-refractivity contribution in [1.29, 1.82) is 0 Å². The number of nitrogens with zero attached hydrogens (tertiary/aromatic N) is 3. The largest absolute Gasteiger partial charge is 0.347 e. The van der Waals surface area contributed by atoms with Gasteiger partial charge in [0.1, 0.15) is 22.0 Å². The van der Waals surface area contributed by atoms with Crippen LogP contribution in [0.15, 0.2) is 23.1 Å². The highest BCUT2D eigenvalue weighted by molar-refractivity contribution is 7.89. The molecule has 1 amide bonds. The predicted octanol–water partition coefficient (Wildman–Crippen LogP) is 1.08. The minimum atomic E-state index is -3.87. The Bertz CT molecular complexity index is 783. The van der Waals surface area contributed by atoms with E-state index in [4.69, 9.17) is 0 Å². The number of carbonyl (C=O) groups is 1. The van der Waals surface area contributed by atoms with Crippen molar-refractivity contribution >= 4 is 38.7 Å². The molecular formula is C13H18N4O3S2. The standard InChI is InChI=1S/C13H18N4O3S2/c1-8(2)11(13(18)17(3)4)16-22(19,20)10-7-5-6-9-12(10)15-21-14-9/h5-8,11,16H,1-4H3/t11-/m1/s1. The van der Waals surface area contributed by atoms with E-state index in [1.807, 2.05) is 0 Å². The van der Waals surface area contributed by atoms with Crippen molar-refractivity contribution in [3.63, 3.8) is 0 Å². The maximum absolute atomic E-state index is 12.6. The summed E-state index contributed by atoms with van der Waals surface area (Å²) in [4.78, 5) is 13.6.